The van der Waals surface area contributed by atoms with Gasteiger partial charge in [0, 0.05) is 11.3 Å². The molecule has 0 aliphatic carbocycles. The summed E-state index contributed by atoms with van der Waals surface area (Å²) in [6, 6.07) is 18.1. The van der Waals surface area contributed by atoms with E-state index in [9.17, 15) is 14.7 Å². The van der Waals surface area contributed by atoms with Crippen LogP contribution in [0, 0.1) is 0 Å². The maximum atomic E-state index is 13.6. The van der Waals surface area contributed by atoms with Crippen LogP contribution in [0.4, 0.5) is 5.69 Å². The van der Waals surface area contributed by atoms with Crippen LogP contribution >= 0.6 is 0 Å². The molecule has 3 aromatic carbocycles. The van der Waals surface area contributed by atoms with E-state index >= 15 is 0 Å². The second kappa shape index (κ2) is 8.78. The lowest BCUT2D eigenvalue weighted by atomic mass is 10.0. The standard InChI is InChI=1S/C25H27N3O3/c1-16(26-2)24(30)27-21-13-11-18-8-4-6-10-22(18)28(25(21)31)15-20-19-9-5-3-7-17(19)12-14-23(20)29/h3-10,12,14,16,21,26,29H,11,13,15H2,1-2H3,(H,27,30)/t16-,21-/m0/s1. The number of hydrogen-bond acceptors (Lipinski definition) is 4. The first-order valence-corrected chi connectivity index (χ1v) is 10.6. The molecule has 4 rings (SSSR count). The Kier molecular flexibility index (Phi) is 5.91. The number of carbonyl (C=O) groups excluding carboxylic acids is 2. The number of hydrogen-bond donors (Lipinski definition) is 3. The first kappa shape index (κ1) is 20.9. The van der Waals surface area contributed by atoms with Gasteiger partial charge in [-0.25, -0.2) is 0 Å². The highest BCUT2D eigenvalue weighted by Gasteiger charge is 2.32. The van der Waals surface area contributed by atoms with E-state index in [4.69, 9.17) is 0 Å². The van der Waals surface area contributed by atoms with Crippen molar-refractivity contribution in [2.75, 3.05) is 11.9 Å². The Morgan fingerprint density at radius 2 is 1.87 bits per heavy atom. The van der Waals surface area contributed by atoms with Crippen LogP contribution in [0.5, 0.6) is 5.75 Å². The molecule has 0 radical (unpaired) electrons. The fourth-order valence-corrected chi connectivity index (χ4v) is 4.09. The molecule has 3 N–H and O–H groups in total. The summed E-state index contributed by atoms with van der Waals surface area (Å²) in [6.45, 7) is 1.98. The smallest absolute Gasteiger partial charge is 0.249 e. The molecular formula is C25H27N3O3. The number of amides is 2. The van der Waals surface area contributed by atoms with Crippen molar-refractivity contribution < 1.29 is 14.7 Å². The lowest BCUT2D eigenvalue weighted by molar-refractivity contribution is -0.128. The average molecular weight is 418 g/mol. The summed E-state index contributed by atoms with van der Waals surface area (Å²) in [5.74, 6) is -0.230. The molecule has 0 unspecified atom stereocenters. The van der Waals surface area contributed by atoms with Crippen molar-refractivity contribution in [3.05, 3.63) is 71.8 Å². The molecule has 160 valence electrons. The van der Waals surface area contributed by atoms with Gasteiger partial charge in [0.05, 0.1) is 12.6 Å². The maximum Gasteiger partial charge on any atom is 0.249 e. The van der Waals surface area contributed by atoms with Crippen LogP contribution in [-0.4, -0.2) is 36.1 Å². The fourth-order valence-electron chi connectivity index (χ4n) is 4.09. The van der Waals surface area contributed by atoms with Gasteiger partial charge in [0.1, 0.15) is 11.8 Å². The molecule has 0 spiro atoms. The van der Waals surface area contributed by atoms with E-state index in [1.165, 1.54) is 0 Å². The van der Waals surface area contributed by atoms with Crippen LogP contribution in [-0.2, 0) is 22.6 Å². The van der Waals surface area contributed by atoms with Crippen LogP contribution < -0.4 is 15.5 Å². The SMILES string of the molecule is CN[C@@H](C)C(=O)N[C@H]1CCc2ccccc2N(Cc2c(O)ccc3ccccc23)C1=O. The number of benzene rings is 3. The molecule has 2 atom stereocenters. The number of likely N-dealkylation sites (N-methyl/N-ethyl adjacent to an activating group) is 1. The number of fused-ring (bicyclic) bond motifs is 2. The average Bonchev–Trinajstić information content (AvgIpc) is 2.92. The van der Waals surface area contributed by atoms with Crippen LogP contribution in [0.1, 0.15) is 24.5 Å². The summed E-state index contributed by atoms with van der Waals surface area (Å²) in [4.78, 5) is 27.8. The summed E-state index contributed by atoms with van der Waals surface area (Å²) >= 11 is 0. The molecule has 1 heterocycles. The summed E-state index contributed by atoms with van der Waals surface area (Å²) in [5.41, 5.74) is 2.56. The molecule has 0 bridgehead atoms. The van der Waals surface area contributed by atoms with E-state index in [0.29, 0.717) is 18.4 Å². The van der Waals surface area contributed by atoms with Gasteiger partial charge in [-0.1, -0.05) is 48.5 Å². The molecule has 0 saturated carbocycles. The number of aryl methyl sites for hydroxylation is 1. The Bertz CT molecular complexity index is 1130. The number of nitrogens with zero attached hydrogens (tertiary/aromatic N) is 1. The first-order valence-electron chi connectivity index (χ1n) is 10.6. The van der Waals surface area contributed by atoms with Gasteiger partial charge in [0.25, 0.3) is 0 Å². The predicted molar refractivity (Wildman–Crippen MR) is 122 cm³/mol. The number of rotatable bonds is 5. The first-order chi connectivity index (χ1) is 15.0. The van der Waals surface area contributed by atoms with Gasteiger partial charge in [-0.05, 0) is 55.3 Å². The van der Waals surface area contributed by atoms with E-state index in [0.717, 1.165) is 22.0 Å². The van der Waals surface area contributed by atoms with Gasteiger partial charge in [-0.2, -0.15) is 0 Å². The third-order valence-corrected chi connectivity index (χ3v) is 6.02. The zero-order chi connectivity index (χ0) is 22.0. The van der Waals surface area contributed by atoms with E-state index < -0.39 is 12.1 Å². The van der Waals surface area contributed by atoms with Crippen LogP contribution in [0.15, 0.2) is 60.7 Å². The monoisotopic (exact) mass is 417 g/mol. The van der Waals surface area contributed by atoms with Crippen LogP contribution in [0.2, 0.25) is 0 Å². The molecule has 1 aliphatic rings. The minimum atomic E-state index is -0.632. The summed E-state index contributed by atoms with van der Waals surface area (Å²) in [6.07, 6.45) is 1.20. The fraction of sp³-hybridized carbons (Fsp3) is 0.280. The molecule has 31 heavy (non-hydrogen) atoms. The molecule has 1 aliphatic heterocycles. The largest absolute Gasteiger partial charge is 0.508 e. The topological polar surface area (TPSA) is 81.7 Å². The van der Waals surface area contributed by atoms with Crippen molar-refractivity contribution in [1.82, 2.24) is 10.6 Å². The molecular weight excluding hydrogens is 390 g/mol. The highest BCUT2D eigenvalue weighted by atomic mass is 16.3. The molecule has 6 nitrogen and oxygen atoms in total. The summed E-state index contributed by atoms with van der Waals surface area (Å²) in [7, 11) is 1.71. The van der Waals surface area contributed by atoms with E-state index in [1.807, 2.05) is 54.6 Å². The quantitative estimate of drug-likeness (QED) is 0.596. The number of aromatic hydroxyl groups is 1. The van der Waals surface area contributed by atoms with Gasteiger partial charge in [0.2, 0.25) is 11.8 Å². The second-order valence-corrected chi connectivity index (χ2v) is 7.95. The van der Waals surface area contributed by atoms with Crippen molar-refractivity contribution in [2.45, 2.75) is 38.4 Å². The molecule has 0 aromatic heterocycles. The lowest BCUT2D eigenvalue weighted by Crippen LogP contribution is -2.52. The highest BCUT2D eigenvalue weighted by molar-refractivity contribution is 6.01. The molecule has 0 saturated heterocycles. The summed E-state index contributed by atoms with van der Waals surface area (Å²) < 4.78 is 0. The Morgan fingerprint density at radius 3 is 2.68 bits per heavy atom. The molecule has 3 aromatic rings. The normalized spacial score (nSPS) is 17.2. The number of phenols is 1. The van der Waals surface area contributed by atoms with Crippen LogP contribution in [0.3, 0.4) is 0 Å². The number of phenolic OH excluding ortho intramolecular Hbond substituents is 1. The van der Waals surface area contributed by atoms with Crippen molar-refractivity contribution in [2.24, 2.45) is 0 Å². The third kappa shape index (κ3) is 4.11. The Balaban J connectivity index is 1.74. The second-order valence-electron chi connectivity index (χ2n) is 7.95. The van der Waals surface area contributed by atoms with Gasteiger partial charge in [-0.3, -0.25) is 9.59 Å². The molecule has 0 fully saturated rings. The number of anilines is 1. The molecule has 2 amide bonds. The van der Waals surface area contributed by atoms with E-state index in [-0.39, 0.29) is 24.1 Å². The van der Waals surface area contributed by atoms with E-state index in [1.54, 1.807) is 24.9 Å². The van der Waals surface area contributed by atoms with Gasteiger partial charge in [-0.15, -0.1) is 0 Å². The van der Waals surface area contributed by atoms with Gasteiger partial charge < -0.3 is 20.6 Å². The van der Waals surface area contributed by atoms with Crippen LogP contribution in [0.25, 0.3) is 10.8 Å². The third-order valence-electron chi connectivity index (χ3n) is 6.02. The summed E-state index contributed by atoms with van der Waals surface area (Å²) in [5, 5.41) is 18.4. The van der Waals surface area contributed by atoms with Gasteiger partial charge in [0.15, 0.2) is 0 Å². The Morgan fingerprint density at radius 1 is 1.13 bits per heavy atom. The number of carbonyl (C=O) groups is 2. The maximum absolute atomic E-state index is 13.6. The Labute approximate surface area is 181 Å². The minimum Gasteiger partial charge on any atom is -0.508 e. The van der Waals surface area contributed by atoms with Crippen molar-refractivity contribution in [3.8, 4) is 5.75 Å². The van der Waals surface area contributed by atoms with Crippen molar-refractivity contribution >= 4 is 28.3 Å². The molecule has 6 heteroatoms. The lowest BCUT2D eigenvalue weighted by Gasteiger charge is -2.27. The zero-order valence-corrected chi connectivity index (χ0v) is 17.8. The van der Waals surface area contributed by atoms with Crippen molar-refractivity contribution in [1.29, 1.82) is 0 Å². The minimum absolute atomic E-state index is 0.151. The van der Waals surface area contributed by atoms with E-state index in [2.05, 4.69) is 10.6 Å². The highest BCUT2D eigenvalue weighted by Crippen LogP contribution is 2.33. The number of para-hydroxylation sites is 1. The Hall–Kier alpha value is -3.38. The number of nitrogens with one attached hydrogen (secondary N) is 2. The zero-order valence-electron chi connectivity index (χ0n) is 17.8. The van der Waals surface area contributed by atoms with Crippen molar-refractivity contribution in [3.63, 3.8) is 0 Å². The van der Waals surface area contributed by atoms with Gasteiger partial charge >= 0.3 is 0 Å². The predicted octanol–water partition coefficient (Wildman–Crippen LogP) is 3.12.